The van der Waals surface area contributed by atoms with Crippen LogP contribution < -0.4 is 10.6 Å². The van der Waals surface area contributed by atoms with E-state index in [0.29, 0.717) is 12.8 Å². The van der Waals surface area contributed by atoms with Gasteiger partial charge in [0, 0.05) is 12.5 Å². The molecule has 0 aromatic carbocycles. The molecule has 2 fully saturated rings. The van der Waals surface area contributed by atoms with Crippen molar-refractivity contribution in [3.8, 4) is 0 Å². The van der Waals surface area contributed by atoms with Crippen LogP contribution in [0.2, 0.25) is 0 Å². The average molecular weight is 307 g/mol. The number of carbonyl (C=O) groups is 3. The van der Waals surface area contributed by atoms with Gasteiger partial charge < -0.3 is 10.6 Å². The lowest BCUT2D eigenvalue weighted by atomic mass is 9.69. The van der Waals surface area contributed by atoms with E-state index >= 15 is 0 Å². The van der Waals surface area contributed by atoms with Crippen LogP contribution in [0.1, 0.15) is 47.0 Å². The highest BCUT2D eigenvalue weighted by Crippen LogP contribution is 2.38. The molecule has 1 saturated heterocycles. The van der Waals surface area contributed by atoms with Crippen molar-refractivity contribution in [2.45, 2.75) is 64.1 Å². The van der Waals surface area contributed by atoms with Gasteiger partial charge in [-0.2, -0.15) is 0 Å². The zero-order chi connectivity index (χ0) is 16.7. The van der Waals surface area contributed by atoms with Crippen LogP contribution in [0.4, 0.5) is 4.79 Å². The summed E-state index contributed by atoms with van der Waals surface area (Å²) < 4.78 is 0. The lowest BCUT2D eigenvalue weighted by Gasteiger charge is -2.53. The van der Waals surface area contributed by atoms with Crippen LogP contribution in [0.15, 0.2) is 12.7 Å². The van der Waals surface area contributed by atoms with Crippen molar-refractivity contribution in [2.75, 3.05) is 0 Å². The van der Waals surface area contributed by atoms with Crippen molar-refractivity contribution in [2.24, 2.45) is 5.92 Å². The first-order valence-electron chi connectivity index (χ1n) is 7.68. The normalized spacial score (nSPS) is 32.1. The van der Waals surface area contributed by atoms with Gasteiger partial charge in [0.1, 0.15) is 5.54 Å². The monoisotopic (exact) mass is 307 g/mol. The summed E-state index contributed by atoms with van der Waals surface area (Å²) in [5, 5.41) is 5.75. The zero-order valence-corrected chi connectivity index (χ0v) is 13.7. The Morgan fingerprint density at radius 3 is 2.55 bits per heavy atom. The summed E-state index contributed by atoms with van der Waals surface area (Å²) in [4.78, 5) is 38.4. The second-order valence-corrected chi connectivity index (χ2v) is 7.24. The minimum Gasteiger partial charge on any atom is -0.340 e. The Kier molecular flexibility index (Phi) is 4.06. The number of hydrogen-bond acceptors (Lipinski definition) is 3. The Balaban J connectivity index is 2.48. The van der Waals surface area contributed by atoms with Gasteiger partial charge in [-0.25, -0.2) is 4.79 Å². The lowest BCUT2D eigenvalue weighted by Crippen LogP contribution is -2.79. The van der Waals surface area contributed by atoms with Gasteiger partial charge in [-0.1, -0.05) is 6.08 Å². The molecule has 4 amide bonds. The van der Waals surface area contributed by atoms with Gasteiger partial charge in [0.15, 0.2) is 0 Å². The summed E-state index contributed by atoms with van der Waals surface area (Å²) in [6.45, 7) is 10.6. The standard InChI is InChI=1S/C16H25N3O3/c1-6-11-7-8-12-16(9-11,18-10(2)20)13(21)19(14(22)17-12)15(3,4)5/h6,11-12H,1,7-9H2,2-5H3,(H,17,22)(H,18,20)/t11?,12?,16-/m1/s1. The molecule has 2 aliphatic rings. The highest BCUT2D eigenvalue weighted by Gasteiger charge is 2.58. The fourth-order valence-electron chi connectivity index (χ4n) is 3.54. The van der Waals surface area contributed by atoms with Crippen molar-refractivity contribution in [1.82, 2.24) is 15.5 Å². The number of carbonyl (C=O) groups excluding carboxylic acids is 3. The summed E-state index contributed by atoms with van der Waals surface area (Å²) in [5.41, 5.74) is -1.73. The van der Waals surface area contributed by atoms with Crippen molar-refractivity contribution >= 4 is 17.8 Å². The first-order chi connectivity index (χ1) is 10.1. The lowest BCUT2D eigenvalue weighted by molar-refractivity contribution is -0.148. The van der Waals surface area contributed by atoms with Crippen LogP contribution in [0, 0.1) is 5.92 Å². The smallest absolute Gasteiger partial charge is 0.324 e. The summed E-state index contributed by atoms with van der Waals surface area (Å²) in [7, 11) is 0. The number of imide groups is 1. The van der Waals surface area contributed by atoms with E-state index in [1.807, 2.05) is 6.08 Å². The van der Waals surface area contributed by atoms with Gasteiger partial charge in [-0.15, -0.1) is 6.58 Å². The van der Waals surface area contributed by atoms with Gasteiger partial charge in [0.05, 0.1) is 6.04 Å². The summed E-state index contributed by atoms with van der Waals surface area (Å²) >= 11 is 0. The van der Waals surface area contributed by atoms with Crippen molar-refractivity contribution in [3.63, 3.8) is 0 Å². The number of urea groups is 1. The number of allylic oxidation sites excluding steroid dienone is 1. The SMILES string of the molecule is C=CC1CCC2NC(=O)N(C(C)(C)C)C(=O)[C@@]2(NC(C)=O)C1. The topological polar surface area (TPSA) is 78.5 Å². The molecular formula is C16H25N3O3. The molecule has 1 saturated carbocycles. The van der Waals surface area contributed by atoms with Gasteiger partial charge in [0.25, 0.3) is 5.91 Å². The third kappa shape index (κ3) is 2.62. The molecule has 0 aromatic rings. The van der Waals surface area contributed by atoms with Crippen LogP contribution in [-0.4, -0.2) is 39.9 Å². The van der Waals surface area contributed by atoms with Crippen LogP contribution in [-0.2, 0) is 9.59 Å². The number of rotatable bonds is 2. The van der Waals surface area contributed by atoms with Crippen molar-refractivity contribution in [1.29, 1.82) is 0 Å². The predicted molar refractivity (Wildman–Crippen MR) is 83.0 cm³/mol. The molecule has 6 heteroatoms. The number of hydrogen-bond donors (Lipinski definition) is 2. The van der Waals surface area contributed by atoms with Gasteiger partial charge >= 0.3 is 6.03 Å². The molecule has 0 aromatic heterocycles. The maximum Gasteiger partial charge on any atom is 0.324 e. The number of fused-ring (bicyclic) bond motifs is 1. The Morgan fingerprint density at radius 1 is 1.41 bits per heavy atom. The zero-order valence-electron chi connectivity index (χ0n) is 13.7. The summed E-state index contributed by atoms with van der Waals surface area (Å²) in [6, 6.07) is -0.758. The number of amides is 4. The van der Waals surface area contributed by atoms with Crippen molar-refractivity contribution < 1.29 is 14.4 Å². The Bertz CT molecular complexity index is 523. The summed E-state index contributed by atoms with van der Waals surface area (Å²) in [6.07, 6.45) is 3.78. The number of nitrogens with zero attached hydrogens (tertiary/aromatic N) is 1. The van der Waals surface area contributed by atoms with Crippen LogP contribution in [0.3, 0.4) is 0 Å². The Morgan fingerprint density at radius 2 is 2.05 bits per heavy atom. The quantitative estimate of drug-likeness (QED) is 0.760. The van der Waals surface area contributed by atoms with Crippen LogP contribution in [0.25, 0.3) is 0 Å². The van der Waals surface area contributed by atoms with Crippen LogP contribution in [0.5, 0.6) is 0 Å². The average Bonchev–Trinajstić information content (AvgIpc) is 2.37. The fourth-order valence-corrected chi connectivity index (χ4v) is 3.54. The second kappa shape index (κ2) is 5.41. The van der Waals surface area contributed by atoms with E-state index in [4.69, 9.17) is 0 Å². The Labute approximate surface area is 131 Å². The predicted octanol–water partition coefficient (Wildman–Crippen LogP) is 1.57. The van der Waals surface area contributed by atoms with E-state index in [1.54, 1.807) is 20.8 Å². The van der Waals surface area contributed by atoms with E-state index in [-0.39, 0.29) is 29.8 Å². The maximum absolute atomic E-state index is 13.2. The summed E-state index contributed by atoms with van der Waals surface area (Å²) in [5.74, 6) is -0.451. The number of nitrogens with one attached hydrogen (secondary N) is 2. The largest absolute Gasteiger partial charge is 0.340 e. The first kappa shape index (κ1) is 16.5. The molecule has 2 unspecified atom stereocenters. The first-order valence-corrected chi connectivity index (χ1v) is 7.68. The molecule has 122 valence electrons. The molecule has 0 radical (unpaired) electrons. The van der Waals surface area contributed by atoms with Gasteiger partial charge in [-0.3, -0.25) is 14.5 Å². The third-order valence-electron chi connectivity index (χ3n) is 4.49. The van der Waals surface area contributed by atoms with E-state index in [0.717, 1.165) is 6.42 Å². The minimum atomic E-state index is -1.08. The molecule has 2 rings (SSSR count). The molecule has 0 bridgehead atoms. The van der Waals surface area contributed by atoms with E-state index in [1.165, 1.54) is 11.8 Å². The molecule has 3 atom stereocenters. The second-order valence-electron chi connectivity index (χ2n) is 7.24. The van der Waals surface area contributed by atoms with Gasteiger partial charge in [0.2, 0.25) is 5.91 Å². The highest BCUT2D eigenvalue weighted by molar-refractivity contribution is 6.05. The molecule has 0 spiro atoms. The maximum atomic E-state index is 13.2. The fraction of sp³-hybridized carbons (Fsp3) is 0.688. The van der Waals surface area contributed by atoms with E-state index < -0.39 is 11.1 Å². The third-order valence-corrected chi connectivity index (χ3v) is 4.49. The molecule has 1 aliphatic carbocycles. The highest BCUT2D eigenvalue weighted by atomic mass is 16.2. The Hall–Kier alpha value is -1.85. The molecule has 1 heterocycles. The van der Waals surface area contributed by atoms with Gasteiger partial charge in [-0.05, 0) is 46.0 Å². The minimum absolute atomic E-state index is 0.142. The molecular weight excluding hydrogens is 282 g/mol. The molecule has 2 N–H and O–H groups in total. The molecule has 6 nitrogen and oxygen atoms in total. The molecule has 1 aliphatic heterocycles. The molecule has 22 heavy (non-hydrogen) atoms. The van der Waals surface area contributed by atoms with E-state index in [9.17, 15) is 14.4 Å². The van der Waals surface area contributed by atoms with E-state index in [2.05, 4.69) is 17.2 Å². The van der Waals surface area contributed by atoms with Crippen LogP contribution >= 0.6 is 0 Å². The van der Waals surface area contributed by atoms with Crippen molar-refractivity contribution in [3.05, 3.63) is 12.7 Å².